The summed E-state index contributed by atoms with van der Waals surface area (Å²) in [5.41, 5.74) is 3.60. The fraction of sp³-hybridized carbons (Fsp3) is 0.923. The minimum absolute atomic E-state index is 0.0115. The third-order valence-corrected chi connectivity index (χ3v) is 3.55. The number of hydrogen-bond acceptors (Lipinski definition) is 2. The van der Waals surface area contributed by atoms with Crippen molar-refractivity contribution in [3.8, 4) is 0 Å². The maximum atomic E-state index is 5.42. The van der Waals surface area contributed by atoms with E-state index >= 15 is 0 Å². The average molecular weight is 257 g/mol. The fourth-order valence-corrected chi connectivity index (χ4v) is 2.70. The number of nitrogens with one attached hydrogen (secondary N) is 2. The first-order valence-corrected chi connectivity index (χ1v) is 7.31. The number of thiocarbonyl (C=S) groups is 1. The van der Waals surface area contributed by atoms with Gasteiger partial charge in [-0.3, -0.25) is 5.01 Å². The maximum Gasteiger partial charge on any atom is 0.185 e. The topological polar surface area (TPSA) is 27.3 Å². The summed E-state index contributed by atoms with van der Waals surface area (Å²) in [5.74, 6) is 0.715. The van der Waals surface area contributed by atoms with Gasteiger partial charge in [0.2, 0.25) is 0 Å². The fourth-order valence-electron chi connectivity index (χ4n) is 2.37. The summed E-state index contributed by atoms with van der Waals surface area (Å²) in [6, 6.07) is 0. The molecule has 1 rings (SSSR count). The van der Waals surface area contributed by atoms with Crippen molar-refractivity contribution in [3.63, 3.8) is 0 Å². The molecule has 0 aromatic carbocycles. The minimum Gasteiger partial charge on any atom is -0.342 e. The molecule has 0 aromatic rings. The van der Waals surface area contributed by atoms with Gasteiger partial charge in [0.1, 0.15) is 5.66 Å². The molecule has 17 heavy (non-hydrogen) atoms. The molecule has 0 aliphatic carbocycles. The Balaban J connectivity index is 2.57. The average Bonchev–Trinajstić information content (AvgIpc) is 2.53. The van der Waals surface area contributed by atoms with Crippen LogP contribution in [0.25, 0.3) is 0 Å². The Morgan fingerprint density at radius 2 is 1.82 bits per heavy atom. The van der Waals surface area contributed by atoms with E-state index in [1.54, 1.807) is 0 Å². The zero-order chi connectivity index (χ0) is 12.9. The molecular formula is C13H27N3S. The van der Waals surface area contributed by atoms with Crippen LogP contribution in [0.1, 0.15) is 59.8 Å². The van der Waals surface area contributed by atoms with Gasteiger partial charge in [0.15, 0.2) is 5.11 Å². The molecule has 0 aromatic heterocycles. The number of rotatable bonds is 7. The first-order valence-electron chi connectivity index (χ1n) is 6.90. The highest BCUT2D eigenvalue weighted by Crippen LogP contribution is 2.22. The smallest absolute Gasteiger partial charge is 0.185 e. The summed E-state index contributed by atoms with van der Waals surface area (Å²) in [6.45, 7) is 9.94. The Kier molecular flexibility index (Phi) is 5.67. The Labute approximate surface area is 111 Å². The lowest BCUT2D eigenvalue weighted by Gasteiger charge is -2.29. The van der Waals surface area contributed by atoms with Crippen LogP contribution in [0.4, 0.5) is 0 Å². The van der Waals surface area contributed by atoms with E-state index in [0.29, 0.717) is 5.92 Å². The van der Waals surface area contributed by atoms with Gasteiger partial charge in [0.25, 0.3) is 0 Å². The largest absolute Gasteiger partial charge is 0.342 e. The van der Waals surface area contributed by atoms with E-state index in [1.807, 2.05) is 0 Å². The van der Waals surface area contributed by atoms with Crippen LogP contribution >= 0.6 is 12.2 Å². The normalized spacial score (nSPS) is 18.9. The zero-order valence-electron chi connectivity index (χ0n) is 11.7. The summed E-state index contributed by atoms with van der Waals surface area (Å²) in [6.07, 6.45) is 5.75. The highest BCUT2D eigenvalue weighted by Gasteiger charge is 2.38. The maximum absolute atomic E-state index is 5.42. The van der Waals surface area contributed by atoms with Gasteiger partial charge in [-0.05, 0) is 37.4 Å². The molecule has 0 spiro atoms. The monoisotopic (exact) mass is 257 g/mol. The molecule has 1 fully saturated rings. The number of nitrogens with zero attached hydrogens (tertiary/aromatic N) is 1. The minimum atomic E-state index is 0.0115. The molecule has 4 heteroatoms. The molecule has 0 atom stereocenters. The van der Waals surface area contributed by atoms with Crippen molar-refractivity contribution >= 4 is 17.3 Å². The molecule has 100 valence electrons. The molecule has 0 amide bonds. The van der Waals surface area contributed by atoms with Crippen molar-refractivity contribution in [2.24, 2.45) is 5.92 Å². The van der Waals surface area contributed by atoms with Crippen LogP contribution < -0.4 is 10.7 Å². The number of hydrogen-bond donors (Lipinski definition) is 2. The molecule has 1 aliphatic rings. The van der Waals surface area contributed by atoms with Crippen LogP contribution in [-0.4, -0.2) is 22.3 Å². The van der Waals surface area contributed by atoms with Crippen molar-refractivity contribution in [3.05, 3.63) is 0 Å². The van der Waals surface area contributed by atoms with E-state index in [0.717, 1.165) is 24.5 Å². The summed E-state index contributed by atoms with van der Waals surface area (Å²) in [5, 5.41) is 6.48. The van der Waals surface area contributed by atoms with Crippen LogP contribution in [-0.2, 0) is 0 Å². The SMILES string of the molecule is CCCC1(CCC)NC(=S)N(CCC(C)C)N1. The molecule has 0 radical (unpaired) electrons. The predicted octanol–water partition coefficient (Wildman–Crippen LogP) is 3.02. The van der Waals surface area contributed by atoms with Gasteiger partial charge >= 0.3 is 0 Å². The second-order valence-electron chi connectivity index (χ2n) is 5.46. The van der Waals surface area contributed by atoms with Crippen LogP contribution in [0.15, 0.2) is 0 Å². The molecular weight excluding hydrogens is 230 g/mol. The van der Waals surface area contributed by atoms with Crippen molar-refractivity contribution in [1.82, 2.24) is 15.8 Å². The van der Waals surface area contributed by atoms with Crippen molar-refractivity contribution in [1.29, 1.82) is 0 Å². The van der Waals surface area contributed by atoms with E-state index in [1.165, 1.54) is 19.3 Å². The van der Waals surface area contributed by atoms with Gasteiger partial charge in [0.05, 0.1) is 0 Å². The van der Waals surface area contributed by atoms with Crippen LogP contribution in [0.5, 0.6) is 0 Å². The molecule has 1 aliphatic heterocycles. The third-order valence-electron chi connectivity index (χ3n) is 3.22. The number of hydrazine groups is 1. The standard InChI is InChI=1S/C13H27N3S/c1-5-8-13(9-6-2)14-12(17)16(15-13)10-7-11(3)4/h11,15H,5-10H2,1-4H3,(H,14,17). The van der Waals surface area contributed by atoms with E-state index in [9.17, 15) is 0 Å². The van der Waals surface area contributed by atoms with Crippen LogP contribution in [0, 0.1) is 5.92 Å². The molecule has 2 N–H and O–H groups in total. The Morgan fingerprint density at radius 3 is 2.29 bits per heavy atom. The lowest BCUT2D eigenvalue weighted by Crippen LogP contribution is -2.51. The molecule has 1 heterocycles. The Hall–Kier alpha value is -0.350. The molecule has 1 saturated heterocycles. The van der Waals surface area contributed by atoms with E-state index < -0.39 is 0 Å². The highest BCUT2D eigenvalue weighted by atomic mass is 32.1. The van der Waals surface area contributed by atoms with E-state index in [4.69, 9.17) is 12.2 Å². The Bertz CT molecular complexity index is 247. The summed E-state index contributed by atoms with van der Waals surface area (Å²) >= 11 is 5.42. The second kappa shape index (κ2) is 6.55. The van der Waals surface area contributed by atoms with Gasteiger partial charge in [-0.2, -0.15) is 0 Å². The highest BCUT2D eigenvalue weighted by molar-refractivity contribution is 7.80. The van der Waals surface area contributed by atoms with E-state index in [2.05, 4.69) is 43.4 Å². The zero-order valence-corrected chi connectivity index (χ0v) is 12.5. The molecule has 3 nitrogen and oxygen atoms in total. The molecule has 0 saturated carbocycles. The molecule has 0 bridgehead atoms. The van der Waals surface area contributed by atoms with Gasteiger partial charge in [-0.15, -0.1) is 0 Å². The van der Waals surface area contributed by atoms with Crippen molar-refractivity contribution in [2.45, 2.75) is 65.5 Å². The third kappa shape index (κ3) is 4.11. The van der Waals surface area contributed by atoms with Gasteiger partial charge < -0.3 is 5.32 Å². The van der Waals surface area contributed by atoms with Crippen LogP contribution in [0.2, 0.25) is 0 Å². The van der Waals surface area contributed by atoms with E-state index in [-0.39, 0.29) is 5.66 Å². The van der Waals surface area contributed by atoms with Crippen molar-refractivity contribution in [2.75, 3.05) is 6.54 Å². The summed E-state index contributed by atoms with van der Waals surface area (Å²) < 4.78 is 0. The Morgan fingerprint density at radius 1 is 1.24 bits per heavy atom. The predicted molar refractivity (Wildman–Crippen MR) is 77.6 cm³/mol. The second-order valence-corrected chi connectivity index (χ2v) is 5.84. The van der Waals surface area contributed by atoms with Crippen LogP contribution in [0.3, 0.4) is 0 Å². The van der Waals surface area contributed by atoms with Gasteiger partial charge in [0, 0.05) is 6.54 Å². The first-order chi connectivity index (χ1) is 8.03. The quantitative estimate of drug-likeness (QED) is 0.686. The van der Waals surface area contributed by atoms with Gasteiger partial charge in [-0.25, -0.2) is 5.43 Å². The lowest BCUT2D eigenvalue weighted by molar-refractivity contribution is 0.185. The first kappa shape index (κ1) is 14.7. The molecule has 0 unspecified atom stereocenters. The summed E-state index contributed by atoms with van der Waals surface area (Å²) in [7, 11) is 0. The lowest BCUT2D eigenvalue weighted by atomic mass is 10.00. The van der Waals surface area contributed by atoms with Crippen molar-refractivity contribution < 1.29 is 0 Å². The van der Waals surface area contributed by atoms with Gasteiger partial charge in [-0.1, -0.05) is 40.5 Å². The summed E-state index contributed by atoms with van der Waals surface area (Å²) in [4.78, 5) is 0.